The molecule has 3 N–H and O–H groups in total. The van der Waals surface area contributed by atoms with Gasteiger partial charge in [-0.2, -0.15) is 0 Å². The fourth-order valence-corrected chi connectivity index (χ4v) is 1.02. The van der Waals surface area contributed by atoms with Crippen molar-refractivity contribution < 1.29 is 9.90 Å². The first-order valence-electron chi connectivity index (χ1n) is 4.95. The summed E-state index contributed by atoms with van der Waals surface area (Å²) in [6, 6.07) is 0.367. The molecular formula is C10H23NO2. The van der Waals surface area contributed by atoms with Gasteiger partial charge in [-0.15, -0.1) is 0 Å². The van der Waals surface area contributed by atoms with Gasteiger partial charge in [-0.3, -0.25) is 0 Å². The van der Waals surface area contributed by atoms with E-state index in [1.165, 1.54) is 6.42 Å². The van der Waals surface area contributed by atoms with E-state index in [1.807, 2.05) is 0 Å². The van der Waals surface area contributed by atoms with E-state index in [1.54, 1.807) is 0 Å². The van der Waals surface area contributed by atoms with Gasteiger partial charge in [-0.25, -0.2) is 0 Å². The molecule has 0 radical (unpaired) electrons. The zero-order valence-electron chi connectivity index (χ0n) is 8.83. The number of aliphatic hydroxyl groups is 1. The Morgan fingerprint density at radius 1 is 1.31 bits per heavy atom. The third-order valence-electron chi connectivity index (χ3n) is 1.92. The predicted molar refractivity (Wildman–Crippen MR) is 55.6 cm³/mol. The average Bonchev–Trinajstić information content (AvgIpc) is 2.20. The zero-order chi connectivity index (χ0) is 10.5. The summed E-state index contributed by atoms with van der Waals surface area (Å²) in [5.74, 6) is 0. The van der Waals surface area contributed by atoms with Crippen LogP contribution in [0.25, 0.3) is 0 Å². The fourth-order valence-electron chi connectivity index (χ4n) is 1.02. The van der Waals surface area contributed by atoms with E-state index in [9.17, 15) is 4.79 Å². The first-order valence-corrected chi connectivity index (χ1v) is 4.95. The molecule has 0 fully saturated rings. The van der Waals surface area contributed by atoms with Gasteiger partial charge < -0.3 is 15.6 Å². The second-order valence-corrected chi connectivity index (χ2v) is 2.97. The number of carbonyl (C=O) groups excluding carboxylic acids is 1. The third-order valence-corrected chi connectivity index (χ3v) is 1.92. The first kappa shape index (κ1) is 15.1. The van der Waals surface area contributed by atoms with Crippen LogP contribution in [0.4, 0.5) is 0 Å². The molecule has 0 amide bonds. The minimum Gasteiger partial charge on any atom is -0.400 e. The largest absolute Gasteiger partial charge is 0.400 e. The lowest BCUT2D eigenvalue weighted by atomic mass is 10.1. The minimum absolute atomic E-state index is 0.367. The summed E-state index contributed by atoms with van der Waals surface area (Å²) in [7, 11) is 1.00. The van der Waals surface area contributed by atoms with Gasteiger partial charge in [-0.05, 0) is 19.3 Å². The molecule has 3 nitrogen and oxygen atoms in total. The predicted octanol–water partition coefficient (Wildman–Crippen LogP) is 1.48. The monoisotopic (exact) mass is 189 g/mol. The van der Waals surface area contributed by atoms with Crippen LogP contribution in [0.5, 0.6) is 0 Å². The van der Waals surface area contributed by atoms with Crippen LogP contribution in [0.2, 0.25) is 0 Å². The molecular weight excluding hydrogens is 166 g/mol. The molecule has 0 aliphatic carbocycles. The topological polar surface area (TPSA) is 63.3 Å². The molecule has 3 heteroatoms. The van der Waals surface area contributed by atoms with Crippen molar-refractivity contribution in [3.8, 4) is 0 Å². The first-order chi connectivity index (χ1) is 6.31. The van der Waals surface area contributed by atoms with E-state index in [0.29, 0.717) is 12.5 Å². The minimum atomic E-state index is 0.367. The number of aldehydes is 1. The van der Waals surface area contributed by atoms with Crippen molar-refractivity contribution in [1.29, 1.82) is 0 Å². The van der Waals surface area contributed by atoms with Crippen LogP contribution in [0.3, 0.4) is 0 Å². The number of hydrogen-bond acceptors (Lipinski definition) is 3. The third kappa shape index (κ3) is 14.4. The van der Waals surface area contributed by atoms with Crippen molar-refractivity contribution in [3.63, 3.8) is 0 Å². The highest BCUT2D eigenvalue weighted by Gasteiger charge is 1.97. The molecule has 0 bridgehead atoms. The lowest BCUT2D eigenvalue weighted by Gasteiger charge is -2.06. The number of hydrogen-bond donors (Lipinski definition) is 2. The summed E-state index contributed by atoms with van der Waals surface area (Å²) in [4.78, 5) is 9.93. The normalized spacial score (nSPS) is 11.4. The molecule has 0 aliphatic heterocycles. The Hall–Kier alpha value is -0.410. The van der Waals surface area contributed by atoms with Crippen molar-refractivity contribution in [2.45, 2.75) is 51.5 Å². The van der Waals surface area contributed by atoms with Crippen LogP contribution >= 0.6 is 0 Å². The van der Waals surface area contributed by atoms with Crippen LogP contribution < -0.4 is 5.73 Å². The molecule has 0 aromatic rings. The summed E-state index contributed by atoms with van der Waals surface area (Å²) in [5, 5.41) is 7.00. The van der Waals surface area contributed by atoms with Gasteiger partial charge in [0.1, 0.15) is 6.29 Å². The Morgan fingerprint density at radius 3 is 2.38 bits per heavy atom. The van der Waals surface area contributed by atoms with Gasteiger partial charge in [0.2, 0.25) is 0 Å². The van der Waals surface area contributed by atoms with Crippen LogP contribution in [0, 0.1) is 0 Å². The molecule has 1 atom stereocenters. The van der Waals surface area contributed by atoms with Crippen molar-refractivity contribution in [3.05, 3.63) is 0 Å². The molecule has 0 spiro atoms. The van der Waals surface area contributed by atoms with Gasteiger partial charge >= 0.3 is 0 Å². The molecule has 0 rings (SSSR count). The SMILES string of the molecule is CCC(N)CCCCCC=O.CO. The lowest BCUT2D eigenvalue weighted by molar-refractivity contribution is -0.107. The average molecular weight is 189 g/mol. The number of carbonyl (C=O) groups is 1. The van der Waals surface area contributed by atoms with Crippen LogP contribution in [0.15, 0.2) is 0 Å². The summed E-state index contributed by atoms with van der Waals surface area (Å²) in [5.41, 5.74) is 5.72. The van der Waals surface area contributed by atoms with Crippen LogP contribution in [0.1, 0.15) is 45.4 Å². The summed E-state index contributed by atoms with van der Waals surface area (Å²) in [6.07, 6.45) is 7.21. The Morgan fingerprint density at radius 2 is 1.92 bits per heavy atom. The second kappa shape index (κ2) is 14.1. The summed E-state index contributed by atoms with van der Waals surface area (Å²) < 4.78 is 0. The maximum absolute atomic E-state index is 9.93. The number of unbranched alkanes of at least 4 members (excludes halogenated alkanes) is 3. The Labute approximate surface area is 81.3 Å². The fraction of sp³-hybridized carbons (Fsp3) is 0.900. The Bertz CT molecular complexity index is 96.9. The number of rotatable bonds is 7. The molecule has 0 aromatic carbocycles. The van der Waals surface area contributed by atoms with Crippen molar-refractivity contribution in [2.75, 3.05) is 7.11 Å². The smallest absolute Gasteiger partial charge is 0.119 e. The van der Waals surface area contributed by atoms with Crippen molar-refractivity contribution >= 4 is 6.29 Å². The maximum Gasteiger partial charge on any atom is 0.119 e. The van der Waals surface area contributed by atoms with Crippen molar-refractivity contribution in [1.82, 2.24) is 0 Å². The number of nitrogens with two attached hydrogens (primary N) is 1. The van der Waals surface area contributed by atoms with E-state index in [2.05, 4.69) is 6.92 Å². The standard InChI is InChI=1S/C9H19NO.CH4O/c1-2-9(10)7-5-3-4-6-8-11;1-2/h8-9H,2-7,10H2,1H3;2H,1H3. The molecule has 1 unspecified atom stereocenters. The van der Waals surface area contributed by atoms with E-state index in [4.69, 9.17) is 10.8 Å². The second-order valence-electron chi connectivity index (χ2n) is 2.97. The van der Waals surface area contributed by atoms with Crippen LogP contribution in [-0.4, -0.2) is 24.5 Å². The Balaban J connectivity index is 0. The molecule has 0 saturated heterocycles. The van der Waals surface area contributed by atoms with E-state index >= 15 is 0 Å². The van der Waals surface area contributed by atoms with Gasteiger partial charge in [0.15, 0.2) is 0 Å². The summed E-state index contributed by atoms with van der Waals surface area (Å²) >= 11 is 0. The highest BCUT2D eigenvalue weighted by Crippen LogP contribution is 2.05. The van der Waals surface area contributed by atoms with E-state index in [0.717, 1.165) is 39.1 Å². The molecule has 0 heterocycles. The zero-order valence-corrected chi connectivity index (χ0v) is 8.83. The Kier molecular flexibility index (Phi) is 16.4. The molecule has 13 heavy (non-hydrogen) atoms. The molecule has 0 aromatic heterocycles. The maximum atomic E-state index is 9.93. The highest BCUT2D eigenvalue weighted by atomic mass is 16.2. The molecule has 0 saturated carbocycles. The number of aliphatic hydroxyl groups excluding tert-OH is 1. The highest BCUT2D eigenvalue weighted by molar-refractivity contribution is 5.48. The van der Waals surface area contributed by atoms with Gasteiger partial charge in [0, 0.05) is 19.6 Å². The van der Waals surface area contributed by atoms with E-state index < -0.39 is 0 Å². The quantitative estimate of drug-likeness (QED) is 0.471. The van der Waals surface area contributed by atoms with Crippen molar-refractivity contribution in [2.24, 2.45) is 5.73 Å². The molecule has 0 aliphatic rings. The van der Waals surface area contributed by atoms with Crippen LogP contribution in [-0.2, 0) is 4.79 Å². The summed E-state index contributed by atoms with van der Waals surface area (Å²) in [6.45, 7) is 2.11. The van der Waals surface area contributed by atoms with Gasteiger partial charge in [0.05, 0.1) is 0 Å². The lowest BCUT2D eigenvalue weighted by Crippen LogP contribution is -2.17. The van der Waals surface area contributed by atoms with E-state index in [-0.39, 0.29) is 0 Å². The van der Waals surface area contributed by atoms with Gasteiger partial charge in [-0.1, -0.05) is 19.8 Å². The molecule has 80 valence electrons. The van der Waals surface area contributed by atoms with Gasteiger partial charge in [0.25, 0.3) is 0 Å².